The van der Waals surface area contributed by atoms with E-state index in [-0.39, 0.29) is 24.9 Å². The summed E-state index contributed by atoms with van der Waals surface area (Å²) in [6.07, 6.45) is 4.78. The highest BCUT2D eigenvalue weighted by atomic mass is 16.5. The van der Waals surface area contributed by atoms with Gasteiger partial charge in [0.2, 0.25) is 12.3 Å². The van der Waals surface area contributed by atoms with E-state index in [1.807, 2.05) is 13.8 Å². The van der Waals surface area contributed by atoms with Gasteiger partial charge in [0.1, 0.15) is 6.04 Å². The second kappa shape index (κ2) is 10.1. The van der Waals surface area contributed by atoms with Crippen molar-refractivity contribution in [1.82, 2.24) is 10.4 Å². The quantitative estimate of drug-likeness (QED) is 0.215. The van der Waals surface area contributed by atoms with Gasteiger partial charge < -0.3 is 0 Å². The minimum Gasteiger partial charge on any atom is -0.286 e. The number of nitrogens with one attached hydrogen (secondary N) is 1. The molecule has 2 N–H and O–H groups in total. The van der Waals surface area contributed by atoms with Crippen molar-refractivity contribution in [3.8, 4) is 0 Å². The van der Waals surface area contributed by atoms with Crippen LogP contribution >= 0.6 is 0 Å². The number of carbonyl (C=O) groups excluding carboxylic acids is 4. The lowest BCUT2D eigenvalue weighted by atomic mass is 9.95. The Morgan fingerprint density at radius 2 is 1.93 bits per heavy atom. The van der Waals surface area contributed by atoms with Gasteiger partial charge in [0.25, 0.3) is 0 Å². The van der Waals surface area contributed by atoms with E-state index in [9.17, 15) is 24.4 Å². The monoisotopic (exact) mass is 398 g/mol. The molecule has 1 aliphatic rings. The van der Waals surface area contributed by atoms with Crippen LogP contribution in [0, 0.1) is 11.3 Å². The molecule has 1 heterocycles. The van der Waals surface area contributed by atoms with E-state index in [0.717, 1.165) is 19.3 Å². The normalized spacial score (nSPS) is 23.1. The van der Waals surface area contributed by atoms with E-state index >= 15 is 0 Å². The first-order chi connectivity index (χ1) is 13.0. The molecule has 1 unspecified atom stereocenters. The van der Waals surface area contributed by atoms with E-state index in [2.05, 4.69) is 5.32 Å². The molecule has 0 aromatic rings. The maximum Gasteiger partial charge on any atom is 0.430 e. The fourth-order valence-corrected chi connectivity index (χ4v) is 3.72. The molecule has 1 aliphatic heterocycles. The summed E-state index contributed by atoms with van der Waals surface area (Å²) in [7, 11) is 0. The summed E-state index contributed by atoms with van der Waals surface area (Å²) >= 11 is 0. The Hall–Kier alpha value is -1.80. The largest absolute Gasteiger partial charge is 0.430 e. The first-order valence-electron chi connectivity index (χ1n) is 10.2. The molecule has 1 saturated heterocycles. The fourth-order valence-electron chi connectivity index (χ4n) is 3.72. The average molecular weight is 399 g/mol. The molecular weight excluding hydrogens is 362 g/mol. The van der Waals surface area contributed by atoms with Crippen molar-refractivity contribution in [2.45, 2.75) is 79.2 Å². The Morgan fingerprint density at radius 3 is 2.39 bits per heavy atom. The van der Waals surface area contributed by atoms with Gasteiger partial charge in [-0.15, -0.1) is 0 Å². The number of carbonyl (C=O) groups is 4. The van der Waals surface area contributed by atoms with Crippen molar-refractivity contribution in [3.05, 3.63) is 0 Å². The van der Waals surface area contributed by atoms with Gasteiger partial charge in [0.15, 0.2) is 0 Å². The smallest absolute Gasteiger partial charge is 0.286 e. The molecular formula is C20H36N3O5+. The van der Waals surface area contributed by atoms with Crippen LogP contribution in [0.3, 0.4) is 0 Å². The van der Waals surface area contributed by atoms with Gasteiger partial charge in [-0.2, -0.15) is 4.48 Å². The van der Waals surface area contributed by atoms with E-state index in [0.29, 0.717) is 30.9 Å². The second-order valence-electron chi connectivity index (χ2n) is 8.85. The number of hydrogen-bond donors (Lipinski definition) is 2. The molecule has 3 atom stereocenters. The molecule has 0 aromatic carbocycles. The summed E-state index contributed by atoms with van der Waals surface area (Å²) in [5, 5.41) is 12.6. The van der Waals surface area contributed by atoms with Gasteiger partial charge in [0, 0.05) is 18.3 Å². The number of amides is 5. The topological polar surface area (TPSA) is 104 Å². The standard InChI is InChI=1S/C20H35N3O5/c1-6-7-8-11-16(13-22(28)14-24)17(25)23(12-9-10-15(23)2)19(27)21-18(26)20(3,4)5/h14-16,28H,6-13H2,1-5H3/p+1/t15-,16-,23?/m1/s1. The highest BCUT2D eigenvalue weighted by Gasteiger charge is 2.55. The molecule has 5 amide bonds. The average Bonchev–Trinajstić information content (AvgIpc) is 3.01. The van der Waals surface area contributed by atoms with Crippen molar-refractivity contribution in [3.63, 3.8) is 0 Å². The summed E-state index contributed by atoms with van der Waals surface area (Å²) < 4.78 is -0.453. The van der Waals surface area contributed by atoms with Crippen molar-refractivity contribution < 1.29 is 28.9 Å². The zero-order valence-corrected chi connectivity index (χ0v) is 17.9. The van der Waals surface area contributed by atoms with E-state index in [4.69, 9.17) is 0 Å². The summed E-state index contributed by atoms with van der Waals surface area (Å²) in [5.41, 5.74) is -0.758. The summed E-state index contributed by atoms with van der Waals surface area (Å²) in [5.74, 6) is -1.43. The van der Waals surface area contributed by atoms with Gasteiger partial charge >= 0.3 is 11.9 Å². The van der Waals surface area contributed by atoms with Gasteiger partial charge in [-0.3, -0.25) is 14.8 Å². The third kappa shape index (κ3) is 5.61. The Morgan fingerprint density at radius 1 is 1.29 bits per heavy atom. The van der Waals surface area contributed by atoms with Crippen LogP contribution in [0.4, 0.5) is 4.79 Å². The zero-order chi connectivity index (χ0) is 21.5. The van der Waals surface area contributed by atoms with Gasteiger partial charge in [-0.1, -0.05) is 47.0 Å². The Kier molecular flexibility index (Phi) is 8.75. The van der Waals surface area contributed by atoms with Gasteiger partial charge in [-0.25, -0.2) is 20.0 Å². The first kappa shape index (κ1) is 24.2. The molecule has 8 heteroatoms. The number of imide groups is 2. The van der Waals surface area contributed by atoms with Crippen LogP contribution in [0.15, 0.2) is 0 Å². The van der Waals surface area contributed by atoms with E-state index in [1.54, 1.807) is 20.8 Å². The lowest BCUT2D eigenvalue weighted by Gasteiger charge is -2.36. The lowest BCUT2D eigenvalue weighted by Crippen LogP contribution is -2.66. The molecule has 28 heavy (non-hydrogen) atoms. The number of urea groups is 1. The molecule has 0 aliphatic carbocycles. The predicted octanol–water partition coefficient (Wildman–Crippen LogP) is 2.84. The summed E-state index contributed by atoms with van der Waals surface area (Å²) in [4.78, 5) is 49.9. The van der Waals surface area contributed by atoms with Crippen LogP contribution in [0.1, 0.15) is 73.1 Å². The number of rotatable bonds is 8. The molecule has 1 fully saturated rings. The predicted molar refractivity (Wildman–Crippen MR) is 104 cm³/mol. The number of quaternary nitrogens is 1. The SMILES string of the molecule is CCCCC[C@H](CN(O)C=O)C(=O)[N+]1(C(=O)NC(=O)C(C)(C)C)CCC[C@H]1C. The van der Waals surface area contributed by atoms with Crippen LogP contribution in [0.5, 0.6) is 0 Å². The summed E-state index contributed by atoms with van der Waals surface area (Å²) in [6.45, 7) is 9.16. The van der Waals surface area contributed by atoms with Crippen molar-refractivity contribution in [2.75, 3.05) is 13.1 Å². The number of unbranched alkanes of at least 4 members (excludes halogenated alkanes) is 2. The van der Waals surface area contributed by atoms with Crippen LogP contribution in [0.2, 0.25) is 0 Å². The molecule has 0 spiro atoms. The molecule has 1 rings (SSSR count). The highest BCUT2D eigenvalue weighted by molar-refractivity contribution is 5.98. The molecule has 0 aromatic heterocycles. The van der Waals surface area contributed by atoms with Crippen LogP contribution in [-0.4, -0.2) is 58.1 Å². The minimum atomic E-state index is -0.758. The Balaban J connectivity index is 3.16. The highest BCUT2D eigenvalue weighted by Crippen LogP contribution is 2.32. The fraction of sp³-hybridized carbons (Fsp3) is 0.800. The van der Waals surface area contributed by atoms with Gasteiger partial charge in [-0.05, 0) is 13.3 Å². The van der Waals surface area contributed by atoms with Crippen LogP contribution < -0.4 is 5.32 Å². The molecule has 8 nitrogen and oxygen atoms in total. The molecule has 0 bridgehead atoms. The second-order valence-corrected chi connectivity index (χ2v) is 8.85. The minimum absolute atomic E-state index is 0.154. The first-order valence-corrected chi connectivity index (χ1v) is 10.2. The maximum absolute atomic E-state index is 13.5. The number of hydroxylamine groups is 2. The summed E-state index contributed by atoms with van der Waals surface area (Å²) in [6, 6.07) is -0.872. The molecule has 160 valence electrons. The van der Waals surface area contributed by atoms with Crippen molar-refractivity contribution in [2.24, 2.45) is 11.3 Å². The van der Waals surface area contributed by atoms with E-state index < -0.39 is 27.8 Å². The third-order valence-corrected chi connectivity index (χ3v) is 5.58. The maximum atomic E-state index is 13.5. The van der Waals surface area contributed by atoms with Crippen molar-refractivity contribution in [1.29, 1.82) is 0 Å². The van der Waals surface area contributed by atoms with Gasteiger partial charge in [0.05, 0.1) is 19.0 Å². The Bertz CT molecular complexity index is 587. The molecule has 0 saturated carbocycles. The third-order valence-electron chi connectivity index (χ3n) is 5.58. The van der Waals surface area contributed by atoms with E-state index in [1.165, 1.54) is 0 Å². The number of likely N-dealkylation sites (tertiary alicyclic amines) is 1. The zero-order valence-electron chi connectivity index (χ0n) is 17.9. The van der Waals surface area contributed by atoms with Crippen LogP contribution in [0.25, 0.3) is 0 Å². The number of nitrogens with zero attached hydrogens (tertiary/aromatic N) is 2. The Labute approximate surface area is 167 Å². The van der Waals surface area contributed by atoms with Crippen molar-refractivity contribution >= 4 is 24.3 Å². The number of hydrogen-bond acceptors (Lipinski definition) is 5. The lowest BCUT2D eigenvalue weighted by molar-refractivity contribution is -0.786. The van der Waals surface area contributed by atoms with Crippen LogP contribution in [-0.2, 0) is 14.4 Å². The molecule has 0 radical (unpaired) electrons.